The molecule has 0 radical (unpaired) electrons. The Hall–Kier alpha value is -0.433. The number of rotatable bonds is 5. The van der Waals surface area contributed by atoms with Crippen molar-refractivity contribution in [3.8, 4) is 0 Å². The van der Waals surface area contributed by atoms with Crippen molar-refractivity contribution in [2.75, 3.05) is 21.3 Å². The van der Waals surface area contributed by atoms with Crippen LogP contribution in [0, 0.1) is 0 Å². The largest absolute Gasteiger partial charge is 0.750 e. The molecule has 0 saturated carbocycles. The fourth-order valence-corrected chi connectivity index (χ4v) is 1.36. The highest BCUT2D eigenvalue weighted by Crippen LogP contribution is 2.04. The van der Waals surface area contributed by atoms with Crippen molar-refractivity contribution < 1.29 is 22.5 Å². The van der Waals surface area contributed by atoms with Gasteiger partial charge in [-0.25, -0.2) is 0 Å². The van der Waals surface area contributed by atoms with Gasteiger partial charge in [-0.05, 0) is 0 Å². The number of carbonyl (C=O) groups is 1. The van der Waals surface area contributed by atoms with E-state index in [1.807, 2.05) is 0 Å². The molecule has 0 aliphatic carbocycles. The first-order valence-electron chi connectivity index (χ1n) is 2.51. The molecule has 6 heteroatoms. The van der Waals surface area contributed by atoms with E-state index in [1.54, 1.807) is 0 Å². The molecule has 0 bridgehead atoms. The summed E-state index contributed by atoms with van der Waals surface area (Å²) < 4.78 is 18.6. The quantitative estimate of drug-likeness (QED) is 0.408. The van der Waals surface area contributed by atoms with Gasteiger partial charge in [-0.2, -0.15) is 0 Å². The molecule has 0 rings (SSSR count). The van der Waals surface area contributed by atoms with Crippen molar-refractivity contribution in [1.29, 1.82) is 0 Å². The van der Waals surface area contributed by atoms with E-state index in [1.165, 1.54) is 21.3 Å². The molecule has 0 aliphatic rings. The molecule has 5 nitrogen and oxygen atoms in total. The first-order valence-corrected chi connectivity index (χ1v) is 4.15. The maximum absolute atomic E-state index is 9.87. The third-order valence-corrected chi connectivity index (χ3v) is 2.83. The summed E-state index contributed by atoms with van der Waals surface area (Å²) in [6, 6.07) is 0. The van der Waals surface area contributed by atoms with E-state index in [4.69, 9.17) is 13.3 Å². The first kappa shape index (κ1) is 9.57. The molecule has 0 fully saturated rings. The third-order valence-electron chi connectivity index (χ3n) is 0.942. The summed E-state index contributed by atoms with van der Waals surface area (Å²) in [6.07, 6.45) is 0. The van der Waals surface area contributed by atoms with E-state index in [2.05, 4.69) is 4.43 Å². The van der Waals surface area contributed by atoms with Crippen LogP contribution in [-0.4, -0.2) is 36.8 Å². The van der Waals surface area contributed by atoms with Crippen LogP contribution in [-0.2, 0) is 22.5 Å². The highest BCUT2D eigenvalue weighted by Gasteiger charge is 2.44. The zero-order valence-corrected chi connectivity index (χ0v) is 7.12. The molecule has 10 heavy (non-hydrogen) atoms. The fraction of sp³-hybridized carbons (Fsp3) is 0.750. The summed E-state index contributed by atoms with van der Waals surface area (Å²) in [4.78, 5) is 9.87. The van der Waals surface area contributed by atoms with Crippen LogP contribution in [0.15, 0.2) is 0 Å². The zero-order valence-electron chi connectivity index (χ0n) is 6.12. The van der Waals surface area contributed by atoms with E-state index in [-0.39, 0.29) is 6.47 Å². The SMILES string of the molecule is CO[Si](OC)(OC)OC=O. The van der Waals surface area contributed by atoms with Crippen LogP contribution < -0.4 is 0 Å². The predicted octanol–water partition coefficient (Wildman–Crippen LogP) is -0.466. The van der Waals surface area contributed by atoms with E-state index in [0.717, 1.165) is 0 Å². The Balaban J connectivity index is 4.00. The lowest BCUT2D eigenvalue weighted by Crippen LogP contribution is -2.46. The van der Waals surface area contributed by atoms with Crippen molar-refractivity contribution in [2.45, 2.75) is 0 Å². The minimum absolute atomic E-state index is 0.239. The number of hydrogen-bond donors (Lipinski definition) is 0. The van der Waals surface area contributed by atoms with Crippen LogP contribution in [0.2, 0.25) is 0 Å². The van der Waals surface area contributed by atoms with Gasteiger partial charge in [0, 0.05) is 21.3 Å². The van der Waals surface area contributed by atoms with E-state index in [0.29, 0.717) is 0 Å². The summed E-state index contributed by atoms with van der Waals surface area (Å²) >= 11 is 0. The van der Waals surface area contributed by atoms with Gasteiger partial charge in [0.1, 0.15) is 0 Å². The molecule has 0 aliphatic heterocycles. The van der Waals surface area contributed by atoms with Gasteiger partial charge in [0.2, 0.25) is 0 Å². The normalized spacial score (nSPS) is 11.1. The average molecular weight is 166 g/mol. The van der Waals surface area contributed by atoms with Crippen molar-refractivity contribution in [3.05, 3.63) is 0 Å². The minimum atomic E-state index is -3.09. The van der Waals surface area contributed by atoms with Crippen LogP contribution in [0.3, 0.4) is 0 Å². The molecule has 0 aromatic rings. The van der Waals surface area contributed by atoms with Crippen LogP contribution in [0.25, 0.3) is 0 Å². The predicted molar refractivity (Wildman–Crippen MR) is 33.9 cm³/mol. The molecule has 0 aromatic heterocycles. The maximum Gasteiger partial charge on any atom is 0.750 e. The first-order chi connectivity index (χ1) is 4.74. The Bertz CT molecular complexity index is 93.6. The Morgan fingerprint density at radius 1 is 1.10 bits per heavy atom. The minimum Gasteiger partial charge on any atom is -0.454 e. The molecule has 0 saturated heterocycles. The van der Waals surface area contributed by atoms with Gasteiger partial charge in [0.05, 0.1) is 0 Å². The molecule has 0 atom stereocenters. The smallest absolute Gasteiger partial charge is 0.454 e. The van der Waals surface area contributed by atoms with Crippen LogP contribution >= 0.6 is 0 Å². The van der Waals surface area contributed by atoms with Crippen LogP contribution in [0.1, 0.15) is 0 Å². The Labute approximate surface area is 60.3 Å². The lowest BCUT2D eigenvalue weighted by Gasteiger charge is -2.19. The van der Waals surface area contributed by atoms with Gasteiger partial charge in [0.15, 0.2) is 0 Å². The lowest BCUT2D eigenvalue weighted by molar-refractivity contribution is -0.128. The highest BCUT2D eigenvalue weighted by molar-refractivity contribution is 6.54. The molecular weight excluding hydrogens is 156 g/mol. The van der Waals surface area contributed by atoms with E-state index in [9.17, 15) is 4.79 Å². The molecule has 0 heterocycles. The second kappa shape index (κ2) is 4.39. The van der Waals surface area contributed by atoms with Gasteiger partial charge < -0.3 is 17.7 Å². The van der Waals surface area contributed by atoms with Gasteiger partial charge in [-0.3, -0.25) is 4.79 Å². The van der Waals surface area contributed by atoms with Gasteiger partial charge >= 0.3 is 9.05 Å². The second-order valence-corrected chi connectivity index (χ2v) is 3.79. The van der Waals surface area contributed by atoms with Gasteiger partial charge in [0.25, 0.3) is 6.47 Å². The van der Waals surface area contributed by atoms with Crippen molar-refractivity contribution in [3.63, 3.8) is 0 Å². The monoisotopic (exact) mass is 166 g/mol. The van der Waals surface area contributed by atoms with Crippen molar-refractivity contribution in [1.82, 2.24) is 0 Å². The maximum atomic E-state index is 9.87. The van der Waals surface area contributed by atoms with Gasteiger partial charge in [-0.1, -0.05) is 0 Å². The summed E-state index contributed by atoms with van der Waals surface area (Å²) in [5, 5.41) is 0. The third kappa shape index (κ3) is 2.07. The van der Waals surface area contributed by atoms with E-state index < -0.39 is 9.05 Å². The number of carbonyl (C=O) groups excluding carboxylic acids is 1. The van der Waals surface area contributed by atoms with Crippen LogP contribution in [0.5, 0.6) is 0 Å². The summed E-state index contributed by atoms with van der Waals surface area (Å²) in [5.41, 5.74) is 0. The highest BCUT2D eigenvalue weighted by atomic mass is 28.4. The molecule has 0 spiro atoms. The van der Waals surface area contributed by atoms with Crippen molar-refractivity contribution in [2.24, 2.45) is 0 Å². The molecule has 0 unspecified atom stereocenters. The Morgan fingerprint density at radius 2 is 1.50 bits per heavy atom. The fourth-order valence-electron chi connectivity index (χ4n) is 0.453. The van der Waals surface area contributed by atoms with Crippen LogP contribution in [0.4, 0.5) is 0 Å². The lowest BCUT2D eigenvalue weighted by atomic mass is 11.7. The second-order valence-electron chi connectivity index (χ2n) is 1.33. The van der Waals surface area contributed by atoms with Crippen molar-refractivity contribution >= 4 is 15.5 Å². The zero-order chi connectivity index (χ0) is 8.04. The average Bonchev–Trinajstić information content (AvgIpc) is 2.01. The summed E-state index contributed by atoms with van der Waals surface area (Å²) in [6.45, 7) is 0.239. The standard InChI is InChI=1S/C4H10O5Si/c1-6-10(7-2,8-3)9-4-5/h4H,1-3H3. The van der Waals surface area contributed by atoms with E-state index >= 15 is 0 Å². The summed E-state index contributed by atoms with van der Waals surface area (Å²) in [7, 11) is 0.964. The Morgan fingerprint density at radius 3 is 1.60 bits per heavy atom. The van der Waals surface area contributed by atoms with Gasteiger partial charge in [-0.15, -0.1) is 0 Å². The molecule has 0 N–H and O–H groups in total. The molecule has 0 amide bonds. The molecule has 60 valence electrons. The molecular formula is C4H10O5Si. The molecule has 0 aromatic carbocycles. The Kier molecular flexibility index (Phi) is 4.20. The topological polar surface area (TPSA) is 54.0 Å². The summed E-state index contributed by atoms with van der Waals surface area (Å²) in [5.74, 6) is 0. The number of hydrogen-bond acceptors (Lipinski definition) is 5.